The number of likely N-dealkylation sites (tertiary alicyclic amines) is 1. The minimum atomic E-state index is 0.503. The Morgan fingerprint density at radius 2 is 2.10 bits per heavy atom. The van der Waals surface area contributed by atoms with Crippen molar-refractivity contribution in [3.8, 4) is 0 Å². The molecule has 2 atom stereocenters. The molecule has 1 aromatic rings. The lowest BCUT2D eigenvalue weighted by atomic mass is 10.1. The molecule has 120 valence electrons. The minimum Gasteiger partial charge on any atom is -0.465 e. The van der Waals surface area contributed by atoms with Crippen LogP contribution in [0.3, 0.4) is 0 Å². The minimum absolute atomic E-state index is 0.503. The molecular weight excluding hydrogens is 262 g/mol. The van der Waals surface area contributed by atoms with Gasteiger partial charge in [-0.15, -0.1) is 0 Å². The normalized spacial score (nSPS) is 23.6. The van der Waals surface area contributed by atoms with Gasteiger partial charge < -0.3 is 14.6 Å². The lowest BCUT2D eigenvalue weighted by molar-refractivity contribution is 0.243. The Balaban J connectivity index is 1.93. The van der Waals surface area contributed by atoms with Gasteiger partial charge in [-0.2, -0.15) is 0 Å². The van der Waals surface area contributed by atoms with Crippen molar-refractivity contribution in [2.24, 2.45) is 5.92 Å². The maximum absolute atomic E-state index is 5.94. The number of furan rings is 1. The van der Waals surface area contributed by atoms with E-state index in [9.17, 15) is 0 Å². The summed E-state index contributed by atoms with van der Waals surface area (Å²) in [6.45, 7) is 12.9. The summed E-state index contributed by atoms with van der Waals surface area (Å²) in [7, 11) is 4.36. The summed E-state index contributed by atoms with van der Waals surface area (Å²) in [6.07, 6.45) is 0. The Labute approximate surface area is 129 Å². The van der Waals surface area contributed by atoms with E-state index in [-0.39, 0.29) is 0 Å². The standard InChI is InChI=1S/C17H31N3O/c1-12(2)18-8-15-7-16(21-14(15)4)10-20-9-13(3)17(11-20)19(5)6/h7,12-13,17-18H,8-11H2,1-6H3. The summed E-state index contributed by atoms with van der Waals surface area (Å²) in [5.41, 5.74) is 1.29. The second-order valence-corrected chi connectivity index (χ2v) is 7.03. The van der Waals surface area contributed by atoms with E-state index in [1.165, 1.54) is 5.56 Å². The molecule has 1 aliphatic rings. The summed E-state index contributed by atoms with van der Waals surface area (Å²) in [5, 5.41) is 3.46. The molecule has 2 heterocycles. The molecule has 0 amide bonds. The van der Waals surface area contributed by atoms with Crippen molar-refractivity contribution in [2.75, 3.05) is 27.2 Å². The smallest absolute Gasteiger partial charge is 0.118 e. The molecule has 1 fully saturated rings. The number of hydrogen-bond acceptors (Lipinski definition) is 4. The number of likely N-dealkylation sites (N-methyl/N-ethyl adjacent to an activating group) is 1. The van der Waals surface area contributed by atoms with Gasteiger partial charge in [-0.05, 0) is 33.0 Å². The molecule has 0 saturated carbocycles. The van der Waals surface area contributed by atoms with Crippen LogP contribution in [0.15, 0.2) is 10.5 Å². The maximum Gasteiger partial charge on any atom is 0.118 e. The maximum atomic E-state index is 5.94. The van der Waals surface area contributed by atoms with Gasteiger partial charge in [0.2, 0.25) is 0 Å². The fourth-order valence-corrected chi connectivity index (χ4v) is 3.22. The molecule has 2 unspecified atom stereocenters. The fraction of sp³-hybridized carbons (Fsp3) is 0.765. The predicted octanol–water partition coefficient (Wildman–Crippen LogP) is 2.47. The van der Waals surface area contributed by atoms with Crippen LogP contribution in [0.25, 0.3) is 0 Å². The Hall–Kier alpha value is -0.840. The highest BCUT2D eigenvalue weighted by Gasteiger charge is 2.31. The van der Waals surface area contributed by atoms with Gasteiger partial charge in [0, 0.05) is 37.3 Å². The number of rotatable bonds is 6. The van der Waals surface area contributed by atoms with Crippen molar-refractivity contribution in [2.45, 2.75) is 52.9 Å². The molecule has 0 spiro atoms. The van der Waals surface area contributed by atoms with Crippen LogP contribution in [0.4, 0.5) is 0 Å². The first-order valence-electron chi connectivity index (χ1n) is 8.07. The van der Waals surface area contributed by atoms with Crippen LogP contribution < -0.4 is 5.32 Å². The second-order valence-electron chi connectivity index (χ2n) is 7.03. The van der Waals surface area contributed by atoms with E-state index >= 15 is 0 Å². The predicted molar refractivity (Wildman–Crippen MR) is 87.3 cm³/mol. The third kappa shape index (κ3) is 4.31. The zero-order valence-electron chi connectivity index (χ0n) is 14.4. The number of hydrogen-bond donors (Lipinski definition) is 1. The third-order valence-electron chi connectivity index (χ3n) is 4.46. The molecular formula is C17H31N3O. The molecule has 1 N–H and O–H groups in total. The van der Waals surface area contributed by atoms with Gasteiger partial charge in [0.05, 0.1) is 6.54 Å². The van der Waals surface area contributed by atoms with Gasteiger partial charge in [0.15, 0.2) is 0 Å². The van der Waals surface area contributed by atoms with Crippen LogP contribution in [0, 0.1) is 12.8 Å². The van der Waals surface area contributed by atoms with Crippen molar-refractivity contribution >= 4 is 0 Å². The van der Waals surface area contributed by atoms with Gasteiger partial charge in [-0.1, -0.05) is 20.8 Å². The first-order valence-corrected chi connectivity index (χ1v) is 8.07. The molecule has 0 aliphatic carbocycles. The molecule has 0 radical (unpaired) electrons. The highest BCUT2D eigenvalue weighted by Crippen LogP contribution is 2.23. The van der Waals surface area contributed by atoms with Gasteiger partial charge in [-0.25, -0.2) is 0 Å². The zero-order chi connectivity index (χ0) is 15.6. The van der Waals surface area contributed by atoms with Crippen LogP contribution >= 0.6 is 0 Å². The number of nitrogens with one attached hydrogen (secondary N) is 1. The van der Waals surface area contributed by atoms with Crippen molar-refractivity contribution in [1.82, 2.24) is 15.1 Å². The topological polar surface area (TPSA) is 31.7 Å². The van der Waals surface area contributed by atoms with Crippen LogP contribution in [0.2, 0.25) is 0 Å². The van der Waals surface area contributed by atoms with Gasteiger partial charge in [-0.3, -0.25) is 4.90 Å². The van der Waals surface area contributed by atoms with E-state index in [2.05, 4.69) is 63.0 Å². The van der Waals surface area contributed by atoms with E-state index in [0.29, 0.717) is 12.1 Å². The lowest BCUT2D eigenvalue weighted by Crippen LogP contribution is -2.34. The molecule has 21 heavy (non-hydrogen) atoms. The molecule has 1 saturated heterocycles. The average Bonchev–Trinajstić information content (AvgIpc) is 2.90. The van der Waals surface area contributed by atoms with Crippen molar-refractivity contribution in [3.63, 3.8) is 0 Å². The molecule has 2 rings (SSSR count). The highest BCUT2D eigenvalue weighted by molar-refractivity contribution is 5.21. The Morgan fingerprint density at radius 1 is 1.38 bits per heavy atom. The first-order chi connectivity index (χ1) is 9.86. The van der Waals surface area contributed by atoms with Crippen LogP contribution in [-0.4, -0.2) is 49.1 Å². The number of nitrogens with zero attached hydrogens (tertiary/aromatic N) is 2. The van der Waals surface area contributed by atoms with Crippen molar-refractivity contribution in [3.05, 3.63) is 23.2 Å². The van der Waals surface area contributed by atoms with Crippen molar-refractivity contribution in [1.29, 1.82) is 0 Å². The Morgan fingerprint density at radius 3 is 2.67 bits per heavy atom. The van der Waals surface area contributed by atoms with E-state index in [1.54, 1.807) is 0 Å². The van der Waals surface area contributed by atoms with Gasteiger partial charge >= 0.3 is 0 Å². The molecule has 0 bridgehead atoms. The Bertz CT molecular complexity index is 453. The van der Waals surface area contributed by atoms with Crippen LogP contribution in [0.5, 0.6) is 0 Å². The fourth-order valence-electron chi connectivity index (χ4n) is 3.22. The quantitative estimate of drug-likeness (QED) is 0.873. The zero-order valence-corrected chi connectivity index (χ0v) is 14.4. The summed E-state index contributed by atoms with van der Waals surface area (Å²) < 4.78 is 5.94. The lowest BCUT2D eigenvalue weighted by Gasteiger charge is -2.22. The van der Waals surface area contributed by atoms with E-state index < -0.39 is 0 Å². The van der Waals surface area contributed by atoms with Gasteiger partial charge in [0.1, 0.15) is 11.5 Å². The summed E-state index contributed by atoms with van der Waals surface area (Å²) >= 11 is 0. The van der Waals surface area contributed by atoms with E-state index in [1.807, 2.05) is 0 Å². The molecule has 4 heteroatoms. The monoisotopic (exact) mass is 293 g/mol. The highest BCUT2D eigenvalue weighted by atomic mass is 16.3. The number of aryl methyl sites for hydroxylation is 1. The van der Waals surface area contributed by atoms with E-state index in [0.717, 1.165) is 43.6 Å². The van der Waals surface area contributed by atoms with Crippen molar-refractivity contribution < 1.29 is 4.42 Å². The largest absolute Gasteiger partial charge is 0.465 e. The van der Waals surface area contributed by atoms with Crippen LogP contribution in [0.1, 0.15) is 37.9 Å². The summed E-state index contributed by atoms with van der Waals surface area (Å²) in [4.78, 5) is 4.85. The van der Waals surface area contributed by atoms with Gasteiger partial charge in [0.25, 0.3) is 0 Å². The van der Waals surface area contributed by atoms with Crippen LogP contribution in [-0.2, 0) is 13.1 Å². The van der Waals surface area contributed by atoms with E-state index in [4.69, 9.17) is 4.42 Å². The first kappa shape index (κ1) is 16.5. The molecule has 0 aromatic carbocycles. The SMILES string of the molecule is Cc1oc(CN2CC(C)C(N(C)C)C2)cc1CNC(C)C. The molecule has 1 aliphatic heterocycles. The summed E-state index contributed by atoms with van der Waals surface area (Å²) in [5.74, 6) is 2.87. The summed E-state index contributed by atoms with van der Waals surface area (Å²) in [6, 6.07) is 3.38. The molecule has 4 nitrogen and oxygen atoms in total. The Kier molecular flexibility index (Phi) is 5.47. The second kappa shape index (κ2) is 6.95. The average molecular weight is 293 g/mol. The third-order valence-corrected chi connectivity index (χ3v) is 4.46. The molecule has 1 aromatic heterocycles.